The Labute approximate surface area is 182 Å². The Kier molecular flexibility index (Phi) is 5.25. The molecule has 2 aromatic rings. The van der Waals surface area contributed by atoms with E-state index in [9.17, 15) is 14.7 Å². The van der Waals surface area contributed by atoms with Crippen LogP contribution in [0.4, 0.5) is 0 Å². The summed E-state index contributed by atoms with van der Waals surface area (Å²) in [6.45, 7) is 0.633. The Morgan fingerprint density at radius 3 is 2.48 bits per heavy atom. The monoisotopic (exact) mass is 414 g/mol. The second kappa shape index (κ2) is 8.20. The molecule has 0 radical (unpaired) electrons. The SMILES string of the molecule is O=C(C1CC1)N1CC(=O)N2[C@@H](CO)[C@@H](c3ccc(C#CCc4ccccc4)cc3)[C@@H]2C1. The van der Waals surface area contributed by atoms with Gasteiger partial charge < -0.3 is 14.9 Å². The predicted molar refractivity (Wildman–Crippen MR) is 117 cm³/mol. The zero-order chi connectivity index (χ0) is 21.4. The lowest BCUT2D eigenvalue weighted by Gasteiger charge is -2.58. The van der Waals surface area contributed by atoms with Gasteiger partial charge in [-0.2, -0.15) is 0 Å². The fraction of sp³-hybridized carbons (Fsp3) is 0.385. The van der Waals surface area contributed by atoms with Crippen LogP contribution < -0.4 is 0 Å². The molecule has 3 atom stereocenters. The molecule has 3 aliphatic rings. The first-order valence-corrected chi connectivity index (χ1v) is 11.0. The molecule has 5 rings (SSSR count). The molecule has 5 nitrogen and oxygen atoms in total. The summed E-state index contributed by atoms with van der Waals surface area (Å²) in [6, 6.07) is 18.0. The van der Waals surface area contributed by atoms with E-state index in [4.69, 9.17) is 0 Å². The van der Waals surface area contributed by atoms with Crippen LogP contribution >= 0.6 is 0 Å². The predicted octanol–water partition coefficient (Wildman–Crippen LogP) is 2.19. The highest BCUT2D eigenvalue weighted by Crippen LogP contribution is 2.43. The molecular weight excluding hydrogens is 388 g/mol. The third-order valence-corrected chi connectivity index (χ3v) is 6.65. The van der Waals surface area contributed by atoms with E-state index < -0.39 is 0 Å². The molecule has 0 bridgehead atoms. The number of rotatable bonds is 4. The number of amides is 2. The molecule has 2 saturated heterocycles. The van der Waals surface area contributed by atoms with Crippen molar-refractivity contribution in [3.63, 3.8) is 0 Å². The molecule has 1 aliphatic carbocycles. The fourth-order valence-corrected chi connectivity index (χ4v) is 4.89. The fourth-order valence-electron chi connectivity index (χ4n) is 4.89. The molecule has 2 amide bonds. The second-order valence-corrected chi connectivity index (χ2v) is 8.72. The van der Waals surface area contributed by atoms with Gasteiger partial charge in [0.05, 0.1) is 25.2 Å². The summed E-state index contributed by atoms with van der Waals surface area (Å²) < 4.78 is 0. The van der Waals surface area contributed by atoms with Gasteiger partial charge >= 0.3 is 0 Å². The van der Waals surface area contributed by atoms with Gasteiger partial charge in [0.1, 0.15) is 0 Å². The van der Waals surface area contributed by atoms with Crippen LogP contribution in [0.5, 0.6) is 0 Å². The van der Waals surface area contributed by atoms with E-state index >= 15 is 0 Å². The minimum atomic E-state index is -0.217. The number of piperazine rings is 1. The van der Waals surface area contributed by atoms with Crippen LogP contribution in [0.1, 0.15) is 35.4 Å². The van der Waals surface area contributed by atoms with Crippen molar-refractivity contribution in [2.24, 2.45) is 5.92 Å². The van der Waals surface area contributed by atoms with Gasteiger partial charge in [0.2, 0.25) is 11.8 Å². The van der Waals surface area contributed by atoms with Crippen molar-refractivity contribution in [3.8, 4) is 11.8 Å². The highest BCUT2D eigenvalue weighted by molar-refractivity contribution is 5.89. The first kappa shape index (κ1) is 19.8. The van der Waals surface area contributed by atoms with Crippen molar-refractivity contribution in [1.29, 1.82) is 0 Å². The van der Waals surface area contributed by atoms with E-state index in [2.05, 4.69) is 24.0 Å². The van der Waals surface area contributed by atoms with Crippen LogP contribution in [0.15, 0.2) is 54.6 Å². The summed E-state index contributed by atoms with van der Waals surface area (Å²) in [6.07, 6.45) is 2.59. The summed E-state index contributed by atoms with van der Waals surface area (Å²) in [5, 5.41) is 9.93. The van der Waals surface area contributed by atoms with Gasteiger partial charge in [-0.3, -0.25) is 9.59 Å². The minimum absolute atomic E-state index is 0.0371. The number of carbonyl (C=O) groups excluding carboxylic acids is 2. The minimum Gasteiger partial charge on any atom is -0.394 e. The number of fused-ring (bicyclic) bond motifs is 1. The summed E-state index contributed by atoms with van der Waals surface area (Å²) >= 11 is 0. The number of hydrogen-bond donors (Lipinski definition) is 1. The maximum atomic E-state index is 12.7. The second-order valence-electron chi connectivity index (χ2n) is 8.72. The Bertz CT molecular complexity index is 1030. The standard InChI is InChI=1S/C26H26N2O3/c29-17-23-25(22-15-27(16-24(30)28(22)23)26(31)21-13-14-21)20-11-9-19(10-12-20)8-4-7-18-5-2-1-3-6-18/h1-3,5-6,9-12,21-23,25,29H,7,13-17H2/t22-,23-,25-/m0/s1. The van der Waals surface area contributed by atoms with Gasteiger partial charge in [0.15, 0.2) is 0 Å². The van der Waals surface area contributed by atoms with Crippen molar-refractivity contribution in [2.45, 2.75) is 37.3 Å². The van der Waals surface area contributed by atoms with E-state index in [0.29, 0.717) is 13.0 Å². The van der Waals surface area contributed by atoms with Crippen LogP contribution in [0, 0.1) is 17.8 Å². The summed E-state index contributed by atoms with van der Waals surface area (Å²) in [7, 11) is 0. The summed E-state index contributed by atoms with van der Waals surface area (Å²) in [5.74, 6) is 6.63. The average Bonchev–Trinajstić information content (AvgIpc) is 3.62. The highest BCUT2D eigenvalue weighted by Gasteiger charge is 2.55. The van der Waals surface area contributed by atoms with E-state index in [-0.39, 0.29) is 48.9 Å². The summed E-state index contributed by atoms with van der Waals surface area (Å²) in [4.78, 5) is 28.7. The van der Waals surface area contributed by atoms with Gasteiger partial charge in [-0.1, -0.05) is 54.3 Å². The topological polar surface area (TPSA) is 60.9 Å². The maximum absolute atomic E-state index is 12.7. The molecule has 2 aliphatic heterocycles. The normalized spacial score (nSPS) is 24.7. The molecular formula is C26H26N2O3. The number of carbonyl (C=O) groups is 2. The first-order chi connectivity index (χ1) is 15.2. The van der Waals surface area contributed by atoms with Crippen molar-refractivity contribution in [3.05, 3.63) is 71.3 Å². The van der Waals surface area contributed by atoms with Gasteiger partial charge in [-0.05, 0) is 36.1 Å². The van der Waals surface area contributed by atoms with Gasteiger partial charge in [-0.15, -0.1) is 0 Å². The van der Waals surface area contributed by atoms with E-state index in [1.54, 1.807) is 9.80 Å². The van der Waals surface area contributed by atoms with Crippen molar-refractivity contribution < 1.29 is 14.7 Å². The highest BCUT2D eigenvalue weighted by atomic mass is 16.3. The summed E-state index contributed by atoms with van der Waals surface area (Å²) in [5.41, 5.74) is 3.23. The average molecular weight is 415 g/mol. The molecule has 2 heterocycles. The number of benzene rings is 2. The number of aliphatic hydroxyl groups excluding tert-OH is 1. The third-order valence-electron chi connectivity index (χ3n) is 6.65. The van der Waals surface area contributed by atoms with Crippen molar-refractivity contribution in [2.75, 3.05) is 19.7 Å². The lowest BCUT2D eigenvalue weighted by atomic mass is 9.73. The Balaban J connectivity index is 1.29. The van der Waals surface area contributed by atoms with Crippen LogP contribution in [-0.4, -0.2) is 58.5 Å². The Hall–Kier alpha value is -3.10. The quantitative estimate of drug-likeness (QED) is 0.781. The molecule has 5 heteroatoms. The molecule has 3 fully saturated rings. The number of nitrogens with zero attached hydrogens (tertiary/aromatic N) is 2. The van der Waals surface area contributed by atoms with Crippen LogP contribution in [0.2, 0.25) is 0 Å². The van der Waals surface area contributed by atoms with E-state index in [1.165, 1.54) is 5.56 Å². The first-order valence-electron chi connectivity index (χ1n) is 11.0. The van der Waals surface area contributed by atoms with Crippen LogP contribution in [-0.2, 0) is 16.0 Å². The molecule has 0 spiro atoms. The zero-order valence-corrected chi connectivity index (χ0v) is 17.4. The van der Waals surface area contributed by atoms with E-state index in [1.807, 2.05) is 42.5 Å². The maximum Gasteiger partial charge on any atom is 0.242 e. The van der Waals surface area contributed by atoms with Crippen LogP contribution in [0.25, 0.3) is 0 Å². The molecule has 1 saturated carbocycles. The molecule has 0 aromatic heterocycles. The zero-order valence-electron chi connectivity index (χ0n) is 17.4. The van der Waals surface area contributed by atoms with Gasteiger partial charge in [0.25, 0.3) is 0 Å². The molecule has 31 heavy (non-hydrogen) atoms. The third kappa shape index (κ3) is 3.84. The smallest absolute Gasteiger partial charge is 0.242 e. The Morgan fingerprint density at radius 2 is 1.81 bits per heavy atom. The van der Waals surface area contributed by atoms with Crippen molar-refractivity contribution in [1.82, 2.24) is 9.80 Å². The molecule has 1 N–H and O–H groups in total. The van der Waals surface area contributed by atoms with Crippen molar-refractivity contribution >= 4 is 11.8 Å². The number of aliphatic hydroxyl groups is 1. The van der Waals surface area contributed by atoms with Gasteiger partial charge in [-0.25, -0.2) is 0 Å². The lowest BCUT2D eigenvalue weighted by molar-refractivity contribution is -0.167. The number of hydrogen-bond acceptors (Lipinski definition) is 3. The van der Waals surface area contributed by atoms with E-state index in [0.717, 1.165) is 24.0 Å². The molecule has 2 aromatic carbocycles. The molecule has 158 valence electrons. The molecule has 0 unspecified atom stereocenters. The largest absolute Gasteiger partial charge is 0.394 e. The Morgan fingerprint density at radius 1 is 1.06 bits per heavy atom. The lowest BCUT2D eigenvalue weighted by Crippen LogP contribution is -2.73. The van der Waals surface area contributed by atoms with Crippen LogP contribution in [0.3, 0.4) is 0 Å². The van der Waals surface area contributed by atoms with Gasteiger partial charge in [0, 0.05) is 30.4 Å².